The Morgan fingerprint density at radius 1 is 1.05 bits per heavy atom. The Morgan fingerprint density at radius 2 is 1.73 bits per heavy atom. The van der Waals surface area contributed by atoms with Gasteiger partial charge in [-0.15, -0.1) is 0 Å². The molecule has 1 saturated heterocycles. The van der Waals surface area contributed by atoms with Crippen LogP contribution in [0.2, 0.25) is 0 Å². The van der Waals surface area contributed by atoms with E-state index in [1.807, 2.05) is 12.1 Å². The van der Waals surface area contributed by atoms with Crippen LogP contribution in [0.25, 0.3) is 11.1 Å². The van der Waals surface area contributed by atoms with Crippen molar-refractivity contribution in [3.8, 4) is 17.2 Å². The van der Waals surface area contributed by atoms with Gasteiger partial charge in [-0.2, -0.15) is 5.26 Å². The third-order valence-corrected chi connectivity index (χ3v) is 3.97. The van der Waals surface area contributed by atoms with Crippen LogP contribution in [0.5, 0.6) is 0 Å². The van der Waals surface area contributed by atoms with E-state index in [-0.39, 0.29) is 0 Å². The van der Waals surface area contributed by atoms with Crippen molar-refractivity contribution in [1.29, 1.82) is 5.26 Å². The predicted molar refractivity (Wildman–Crippen MR) is 87.1 cm³/mol. The van der Waals surface area contributed by atoms with E-state index in [2.05, 4.69) is 35.2 Å². The van der Waals surface area contributed by atoms with Crippen LogP contribution in [0.3, 0.4) is 0 Å². The van der Waals surface area contributed by atoms with Crippen molar-refractivity contribution in [3.63, 3.8) is 0 Å². The SMILES string of the molecule is N#Cc1ccc(-c2ccc(CN3CCOCC3)cc2)cc1N. The Labute approximate surface area is 130 Å². The summed E-state index contributed by atoms with van der Waals surface area (Å²) < 4.78 is 5.37. The van der Waals surface area contributed by atoms with E-state index in [4.69, 9.17) is 15.7 Å². The predicted octanol–water partition coefficient (Wildman–Crippen LogP) is 2.64. The first kappa shape index (κ1) is 14.6. The fourth-order valence-corrected chi connectivity index (χ4v) is 2.66. The summed E-state index contributed by atoms with van der Waals surface area (Å²) in [4.78, 5) is 2.40. The normalized spacial score (nSPS) is 15.4. The maximum absolute atomic E-state index is 8.93. The van der Waals surface area contributed by atoms with E-state index in [1.165, 1.54) is 5.56 Å². The quantitative estimate of drug-likeness (QED) is 0.884. The van der Waals surface area contributed by atoms with Crippen LogP contribution in [0.15, 0.2) is 42.5 Å². The molecule has 0 bridgehead atoms. The van der Waals surface area contributed by atoms with Gasteiger partial charge in [-0.1, -0.05) is 30.3 Å². The van der Waals surface area contributed by atoms with E-state index in [0.29, 0.717) is 11.3 Å². The van der Waals surface area contributed by atoms with Crippen LogP contribution in [0.4, 0.5) is 5.69 Å². The van der Waals surface area contributed by atoms with Crippen LogP contribution in [-0.4, -0.2) is 31.2 Å². The highest BCUT2D eigenvalue weighted by atomic mass is 16.5. The van der Waals surface area contributed by atoms with E-state index in [9.17, 15) is 0 Å². The zero-order chi connectivity index (χ0) is 15.4. The molecule has 0 atom stereocenters. The molecular weight excluding hydrogens is 274 g/mol. The second kappa shape index (κ2) is 6.61. The summed E-state index contributed by atoms with van der Waals surface area (Å²) in [6.45, 7) is 4.59. The molecule has 4 nitrogen and oxygen atoms in total. The summed E-state index contributed by atoms with van der Waals surface area (Å²) in [6.07, 6.45) is 0. The first-order chi connectivity index (χ1) is 10.8. The molecule has 1 heterocycles. The number of nitriles is 1. The van der Waals surface area contributed by atoms with Gasteiger partial charge in [0.25, 0.3) is 0 Å². The van der Waals surface area contributed by atoms with Crippen LogP contribution >= 0.6 is 0 Å². The lowest BCUT2D eigenvalue weighted by Crippen LogP contribution is -2.35. The molecule has 0 saturated carbocycles. The molecule has 1 aliphatic rings. The molecule has 0 unspecified atom stereocenters. The lowest BCUT2D eigenvalue weighted by molar-refractivity contribution is 0.0342. The highest BCUT2D eigenvalue weighted by Gasteiger charge is 2.10. The molecule has 4 heteroatoms. The number of nitrogens with zero attached hydrogens (tertiary/aromatic N) is 2. The van der Waals surface area contributed by atoms with Crippen molar-refractivity contribution in [2.45, 2.75) is 6.54 Å². The Kier molecular flexibility index (Phi) is 4.38. The summed E-state index contributed by atoms with van der Waals surface area (Å²) in [5.41, 5.74) is 10.4. The van der Waals surface area contributed by atoms with Gasteiger partial charge in [-0.3, -0.25) is 4.90 Å². The molecule has 2 aromatic carbocycles. The van der Waals surface area contributed by atoms with E-state index in [1.54, 1.807) is 6.07 Å². The fraction of sp³-hybridized carbons (Fsp3) is 0.278. The number of ether oxygens (including phenoxy) is 1. The van der Waals surface area contributed by atoms with Crippen LogP contribution in [-0.2, 0) is 11.3 Å². The number of nitrogens with two attached hydrogens (primary N) is 1. The van der Waals surface area contributed by atoms with Crippen molar-refractivity contribution < 1.29 is 4.74 Å². The Morgan fingerprint density at radius 3 is 2.36 bits per heavy atom. The van der Waals surface area contributed by atoms with Gasteiger partial charge in [-0.05, 0) is 28.8 Å². The second-order valence-electron chi connectivity index (χ2n) is 5.50. The van der Waals surface area contributed by atoms with Crippen molar-refractivity contribution >= 4 is 5.69 Å². The largest absolute Gasteiger partial charge is 0.398 e. The van der Waals surface area contributed by atoms with Crippen molar-refractivity contribution in [3.05, 3.63) is 53.6 Å². The summed E-state index contributed by atoms with van der Waals surface area (Å²) >= 11 is 0. The standard InChI is InChI=1S/C18H19N3O/c19-12-17-6-5-16(11-18(17)20)15-3-1-14(2-4-15)13-21-7-9-22-10-8-21/h1-6,11H,7-10,13,20H2. The molecule has 22 heavy (non-hydrogen) atoms. The summed E-state index contributed by atoms with van der Waals surface area (Å²) in [7, 11) is 0. The zero-order valence-corrected chi connectivity index (χ0v) is 12.5. The van der Waals surface area contributed by atoms with Crippen molar-refractivity contribution in [2.75, 3.05) is 32.0 Å². The summed E-state index contributed by atoms with van der Waals surface area (Å²) in [5.74, 6) is 0. The summed E-state index contributed by atoms with van der Waals surface area (Å²) in [6, 6.07) is 16.2. The summed E-state index contributed by atoms with van der Waals surface area (Å²) in [5, 5.41) is 8.93. The minimum absolute atomic E-state index is 0.521. The highest BCUT2D eigenvalue weighted by molar-refractivity contribution is 5.70. The van der Waals surface area contributed by atoms with Crippen molar-refractivity contribution in [1.82, 2.24) is 4.90 Å². The average molecular weight is 293 g/mol. The molecule has 0 aromatic heterocycles. The fourth-order valence-electron chi connectivity index (χ4n) is 2.66. The molecule has 0 amide bonds. The van der Waals surface area contributed by atoms with Gasteiger partial charge >= 0.3 is 0 Å². The Hall–Kier alpha value is -2.35. The van der Waals surface area contributed by atoms with E-state index >= 15 is 0 Å². The number of hydrogen-bond acceptors (Lipinski definition) is 4. The molecule has 0 radical (unpaired) electrons. The minimum Gasteiger partial charge on any atom is -0.398 e. The average Bonchev–Trinajstić information content (AvgIpc) is 2.56. The molecule has 0 aliphatic carbocycles. The third-order valence-electron chi connectivity index (χ3n) is 3.97. The Bertz CT molecular complexity index is 682. The molecular formula is C18H19N3O. The van der Waals surface area contributed by atoms with E-state index in [0.717, 1.165) is 44.0 Å². The maximum Gasteiger partial charge on any atom is 0.101 e. The first-order valence-electron chi connectivity index (χ1n) is 7.45. The van der Waals surface area contributed by atoms with Gasteiger partial charge in [0.05, 0.1) is 24.5 Å². The number of morpholine rings is 1. The molecule has 112 valence electrons. The molecule has 0 spiro atoms. The zero-order valence-electron chi connectivity index (χ0n) is 12.5. The number of benzene rings is 2. The van der Waals surface area contributed by atoms with Gasteiger partial charge in [-0.25, -0.2) is 0 Å². The topological polar surface area (TPSA) is 62.3 Å². The number of nitrogen functional groups attached to an aromatic ring is 1. The second-order valence-corrected chi connectivity index (χ2v) is 5.50. The van der Waals surface area contributed by atoms with Gasteiger partial charge < -0.3 is 10.5 Å². The smallest absolute Gasteiger partial charge is 0.101 e. The van der Waals surface area contributed by atoms with Gasteiger partial charge in [0.15, 0.2) is 0 Å². The maximum atomic E-state index is 8.93. The van der Waals surface area contributed by atoms with E-state index < -0.39 is 0 Å². The van der Waals surface area contributed by atoms with Gasteiger partial charge in [0, 0.05) is 19.6 Å². The minimum atomic E-state index is 0.521. The Balaban J connectivity index is 1.73. The number of hydrogen-bond donors (Lipinski definition) is 1. The molecule has 2 N–H and O–H groups in total. The third kappa shape index (κ3) is 3.28. The van der Waals surface area contributed by atoms with Crippen LogP contribution in [0.1, 0.15) is 11.1 Å². The molecule has 1 aliphatic heterocycles. The van der Waals surface area contributed by atoms with Gasteiger partial charge in [0.1, 0.15) is 6.07 Å². The lowest BCUT2D eigenvalue weighted by atomic mass is 10.0. The van der Waals surface area contributed by atoms with Crippen LogP contribution in [0, 0.1) is 11.3 Å². The van der Waals surface area contributed by atoms with Crippen molar-refractivity contribution in [2.24, 2.45) is 0 Å². The monoisotopic (exact) mass is 293 g/mol. The highest BCUT2D eigenvalue weighted by Crippen LogP contribution is 2.24. The lowest BCUT2D eigenvalue weighted by Gasteiger charge is -2.26. The van der Waals surface area contributed by atoms with Gasteiger partial charge in [0.2, 0.25) is 0 Å². The van der Waals surface area contributed by atoms with Crippen LogP contribution < -0.4 is 5.73 Å². The number of anilines is 1. The number of rotatable bonds is 3. The molecule has 3 rings (SSSR count). The molecule has 2 aromatic rings. The molecule has 1 fully saturated rings. The first-order valence-corrected chi connectivity index (χ1v) is 7.45.